The van der Waals surface area contributed by atoms with Crippen LogP contribution >= 0.6 is 11.8 Å². The molecule has 3 heterocycles. The van der Waals surface area contributed by atoms with E-state index in [4.69, 9.17) is 5.11 Å². The molecule has 6 unspecified atom stereocenters. The summed E-state index contributed by atoms with van der Waals surface area (Å²) in [7, 11) is 0. The molecule has 6 atom stereocenters. The van der Waals surface area contributed by atoms with Crippen molar-refractivity contribution in [2.45, 2.75) is 98.6 Å². The van der Waals surface area contributed by atoms with Gasteiger partial charge in [0.15, 0.2) is 0 Å². The summed E-state index contributed by atoms with van der Waals surface area (Å²) in [6.45, 7) is 16.0. The van der Waals surface area contributed by atoms with Crippen LogP contribution in [0.3, 0.4) is 0 Å². The zero-order valence-electron chi connectivity index (χ0n) is 23.8. The number of carbonyl (C=O) groups excluding carboxylic acids is 3. The third-order valence-corrected chi connectivity index (χ3v) is 7.91. The van der Waals surface area contributed by atoms with Gasteiger partial charge in [-0.1, -0.05) is 46.6 Å². The number of allylic oxidation sites excluding steroid dienone is 1. The molecule has 0 bridgehead atoms. The normalized spacial score (nSPS) is 28.6. The quantitative estimate of drug-likeness (QED) is 0.393. The van der Waals surface area contributed by atoms with Crippen LogP contribution in [0.4, 0.5) is 0 Å². The molecule has 3 aliphatic rings. The lowest BCUT2D eigenvalue weighted by Crippen LogP contribution is -2.35. The summed E-state index contributed by atoms with van der Waals surface area (Å²) >= 11 is 1.85. The maximum atomic E-state index is 11.1. The molecule has 0 radical (unpaired) electrons. The van der Waals surface area contributed by atoms with Gasteiger partial charge in [-0.3, -0.25) is 19.2 Å². The van der Waals surface area contributed by atoms with Crippen molar-refractivity contribution in [1.29, 1.82) is 0 Å². The van der Waals surface area contributed by atoms with E-state index in [2.05, 4.69) is 29.5 Å². The summed E-state index contributed by atoms with van der Waals surface area (Å²) in [6, 6.07) is 0.736. The van der Waals surface area contributed by atoms with Gasteiger partial charge in [0.1, 0.15) is 0 Å². The van der Waals surface area contributed by atoms with E-state index in [1.165, 1.54) is 12.8 Å². The second kappa shape index (κ2) is 20.0. The molecule has 0 spiro atoms. The molecule has 3 aliphatic heterocycles. The van der Waals surface area contributed by atoms with E-state index in [1.807, 2.05) is 39.5 Å². The summed E-state index contributed by atoms with van der Waals surface area (Å²) in [5.41, 5.74) is 0. The molecule has 0 aliphatic carbocycles. The van der Waals surface area contributed by atoms with Crippen molar-refractivity contribution in [3.63, 3.8) is 0 Å². The number of hydrogen-bond donors (Lipinski definition) is 4. The second-order valence-corrected chi connectivity index (χ2v) is 11.6. The zero-order chi connectivity index (χ0) is 28.4. The number of amides is 3. The predicted molar refractivity (Wildman–Crippen MR) is 152 cm³/mol. The number of nitrogens with one attached hydrogen (secondary N) is 3. The molecule has 3 amide bonds. The van der Waals surface area contributed by atoms with Crippen LogP contribution in [0.5, 0.6) is 0 Å². The van der Waals surface area contributed by atoms with Crippen molar-refractivity contribution in [1.82, 2.24) is 16.0 Å². The van der Waals surface area contributed by atoms with Gasteiger partial charge >= 0.3 is 5.97 Å². The Morgan fingerprint density at radius 2 is 1.46 bits per heavy atom. The first-order chi connectivity index (χ1) is 17.4. The van der Waals surface area contributed by atoms with E-state index in [9.17, 15) is 19.2 Å². The Balaban J connectivity index is 0.000000469. The molecule has 0 aromatic carbocycles. The molecule has 3 rings (SSSR count). The second-order valence-electron chi connectivity index (χ2n) is 10.5. The van der Waals surface area contributed by atoms with E-state index in [-0.39, 0.29) is 41.4 Å². The van der Waals surface area contributed by atoms with Crippen molar-refractivity contribution < 1.29 is 24.3 Å². The first-order valence-corrected chi connectivity index (χ1v) is 14.8. The number of carboxylic acid groups (broad SMARTS) is 1. The van der Waals surface area contributed by atoms with Crippen LogP contribution < -0.4 is 16.0 Å². The fourth-order valence-corrected chi connectivity index (χ4v) is 4.76. The van der Waals surface area contributed by atoms with Crippen LogP contribution in [0.2, 0.25) is 0 Å². The number of rotatable bonds is 3. The molecule has 9 heteroatoms. The maximum Gasteiger partial charge on any atom is 0.306 e. The van der Waals surface area contributed by atoms with Gasteiger partial charge in [-0.05, 0) is 46.0 Å². The van der Waals surface area contributed by atoms with Gasteiger partial charge in [0.2, 0.25) is 17.7 Å². The Morgan fingerprint density at radius 3 is 2.05 bits per heavy atom. The Kier molecular flexibility index (Phi) is 18.9. The van der Waals surface area contributed by atoms with Gasteiger partial charge < -0.3 is 21.1 Å². The van der Waals surface area contributed by atoms with Crippen LogP contribution in [0.15, 0.2) is 12.7 Å². The molecule has 0 saturated carbocycles. The van der Waals surface area contributed by atoms with Gasteiger partial charge in [0, 0.05) is 47.9 Å². The lowest BCUT2D eigenvalue weighted by Gasteiger charge is -2.09. The average molecular weight is 542 g/mol. The number of thioether (sulfide) groups is 1. The minimum Gasteiger partial charge on any atom is -0.481 e. The molecule has 4 N–H and O–H groups in total. The summed E-state index contributed by atoms with van der Waals surface area (Å²) < 4.78 is 0. The van der Waals surface area contributed by atoms with Gasteiger partial charge in [-0.15, -0.1) is 6.58 Å². The number of carboxylic acids is 1. The van der Waals surface area contributed by atoms with Crippen molar-refractivity contribution >= 4 is 35.5 Å². The van der Waals surface area contributed by atoms with E-state index in [0.29, 0.717) is 18.5 Å². The minimum absolute atomic E-state index is 0.190. The highest BCUT2D eigenvalue weighted by Gasteiger charge is 2.19. The molecular formula is C28H51N3O5S. The van der Waals surface area contributed by atoms with Gasteiger partial charge in [0.05, 0.1) is 5.92 Å². The van der Waals surface area contributed by atoms with Crippen molar-refractivity contribution in [2.24, 2.45) is 23.7 Å². The van der Waals surface area contributed by atoms with Crippen LogP contribution in [-0.4, -0.2) is 58.9 Å². The van der Waals surface area contributed by atoms with Gasteiger partial charge in [0.25, 0.3) is 0 Å². The fraction of sp³-hybridized carbons (Fsp3) is 0.786. The standard InChI is InChI=1S/C8H15NO.C7H13NOS.C7H13NO.C6H10O2/c1-6-4-3-5-7(2)9-8(6)10;1-5-3-10-4-6(2)8-7(5)9;1-6-4-2-3-5-8-7(6)9;1-3-4-5(2)6(7)8/h6-7H,3-5H2,1-2H3,(H,9,10);5-6H,3-4H2,1-2H3,(H,8,9);6H,2-5H2,1H3,(H,8,9);3,5H,1,4H2,2H3,(H,7,8). The van der Waals surface area contributed by atoms with E-state index >= 15 is 0 Å². The Morgan fingerprint density at radius 1 is 0.892 bits per heavy atom. The monoisotopic (exact) mass is 541 g/mol. The number of aliphatic carboxylic acids is 1. The molecule has 3 saturated heterocycles. The van der Waals surface area contributed by atoms with Gasteiger partial charge in [-0.25, -0.2) is 0 Å². The summed E-state index contributed by atoms with van der Waals surface area (Å²) in [6.07, 6.45) is 8.93. The first-order valence-electron chi connectivity index (χ1n) is 13.7. The van der Waals surface area contributed by atoms with E-state index < -0.39 is 5.97 Å². The SMILES string of the molecule is C=CCC(C)C(=O)O.CC1CCCC(C)C(=O)N1.CC1CCCCNC1=O.CC1CSCC(C)C(=O)N1. The van der Waals surface area contributed by atoms with E-state index in [1.54, 1.807) is 13.0 Å². The minimum atomic E-state index is -0.759. The molecule has 0 aromatic rings. The van der Waals surface area contributed by atoms with Crippen molar-refractivity contribution in [2.75, 3.05) is 18.1 Å². The van der Waals surface area contributed by atoms with Crippen molar-refractivity contribution in [3.8, 4) is 0 Å². The summed E-state index contributed by atoms with van der Waals surface area (Å²) in [5, 5.41) is 17.0. The predicted octanol–water partition coefficient (Wildman–Crippen LogP) is 4.39. The molecule has 214 valence electrons. The van der Waals surface area contributed by atoms with Crippen molar-refractivity contribution in [3.05, 3.63) is 12.7 Å². The van der Waals surface area contributed by atoms with Gasteiger partial charge in [-0.2, -0.15) is 11.8 Å². The third kappa shape index (κ3) is 17.2. The average Bonchev–Trinajstić information content (AvgIpc) is 3.18. The zero-order valence-corrected chi connectivity index (χ0v) is 24.6. The molecule has 37 heavy (non-hydrogen) atoms. The fourth-order valence-electron chi connectivity index (χ4n) is 3.69. The highest BCUT2D eigenvalue weighted by molar-refractivity contribution is 7.99. The van der Waals surface area contributed by atoms with Crippen LogP contribution in [-0.2, 0) is 19.2 Å². The number of hydrogen-bond acceptors (Lipinski definition) is 5. The van der Waals surface area contributed by atoms with Crippen LogP contribution in [0.25, 0.3) is 0 Å². The first kappa shape index (κ1) is 35.0. The molecule has 0 aromatic heterocycles. The largest absolute Gasteiger partial charge is 0.481 e. The highest BCUT2D eigenvalue weighted by Crippen LogP contribution is 2.15. The van der Waals surface area contributed by atoms with E-state index in [0.717, 1.165) is 43.7 Å². The third-order valence-electron chi connectivity index (χ3n) is 6.43. The van der Waals surface area contributed by atoms with Crippen LogP contribution in [0, 0.1) is 23.7 Å². The lowest BCUT2D eigenvalue weighted by atomic mass is 10.1. The Labute approximate surface area is 228 Å². The Hall–Kier alpha value is -2.03. The maximum absolute atomic E-state index is 11.1. The molecule has 8 nitrogen and oxygen atoms in total. The lowest BCUT2D eigenvalue weighted by molar-refractivity contribution is -0.141. The highest BCUT2D eigenvalue weighted by atomic mass is 32.2. The molecular weight excluding hydrogens is 490 g/mol. The smallest absolute Gasteiger partial charge is 0.306 e. The summed E-state index contributed by atoms with van der Waals surface area (Å²) in [5.74, 6) is 2.30. The van der Waals surface area contributed by atoms with Crippen LogP contribution in [0.1, 0.15) is 86.5 Å². The topological polar surface area (TPSA) is 125 Å². The molecule has 3 fully saturated rings. The summed E-state index contributed by atoms with van der Waals surface area (Å²) in [4.78, 5) is 43.2. The number of carbonyl (C=O) groups is 4. The Bertz CT molecular complexity index is 686.